The highest BCUT2D eigenvalue weighted by Gasteiger charge is 2.09. The SMILES string of the molecule is CCc1c(NN)ncnc1Nc1ccn(C)n1. The lowest BCUT2D eigenvalue weighted by Crippen LogP contribution is -2.13. The number of nitrogens with zero attached hydrogens (tertiary/aromatic N) is 4. The van der Waals surface area contributed by atoms with E-state index in [1.165, 1.54) is 6.33 Å². The van der Waals surface area contributed by atoms with Crippen LogP contribution in [-0.4, -0.2) is 19.7 Å². The van der Waals surface area contributed by atoms with Gasteiger partial charge in [-0.3, -0.25) is 4.68 Å². The van der Waals surface area contributed by atoms with E-state index in [0.717, 1.165) is 17.8 Å². The van der Waals surface area contributed by atoms with Crippen molar-refractivity contribution in [1.82, 2.24) is 19.7 Å². The fourth-order valence-corrected chi connectivity index (χ4v) is 1.58. The number of aryl methyl sites for hydroxylation is 1. The summed E-state index contributed by atoms with van der Waals surface area (Å²) in [6, 6.07) is 1.87. The Morgan fingerprint density at radius 3 is 2.71 bits per heavy atom. The third-order valence-corrected chi connectivity index (χ3v) is 2.40. The van der Waals surface area contributed by atoms with Crippen LogP contribution in [0.2, 0.25) is 0 Å². The van der Waals surface area contributed by atoms with Crippen LogP contribution in [0, 0.1) is 0 Å². The van der Waals surface area contributed by atoms with Gasteiger partial charge in [0, 0.05) is 24.9 Å². The molecule has 0 bridgehead atoms. The molecule has 7 heteroatoms. The Morgan fingerprint density at radius 2 is 2.12 bits per heavy atom. The minimum atomic E-state index is 0.626. The van der Waals surface area contributed by atoms with Crippen LogP contribution in [0.1, 0.15) is 12.5 Å². The molecule has 0 aliphatic carbocycles. The average molecular weight is 233 g/mol. The maximum Gasteiger partial charge on any atom is 0.153 e. The van der Waals surface area contributed by atoms with Crippen LogP contribution >= 0.6 is 0 Å². The Bertz CT molecular complexity index is 505. The molecule has 0 aromatic carbocycles. The zero-order valence-electron chi connectivity index (χ0n) is 9.81. The predicted molar refractivity (Wildman–Crippen MR) is 65.7 cm³/mol. The van der Waals surface area contributed by atoms with E-state index in [1.807, 2.05) is 26.2 Å². The minimum Gasteiger partial charge on any atom is -0.323 e. The van der Waals surface area contributed by atoms with Crippen LogP contribution in [0.3, 0.4) is 0 Å². The molecule has 2 heterocycles. The number of hydrogen-bond acceptors (Lipinski definition) is 6. The second kappa shape index (κ2) is 4.79. The molecule has 0 spiro atoms. The van der Waals surface area contributed by atoms with Gasteiger partial charge in [0.05, 0.1) is 0 Å². The molecule has 0 atom stereocenters. The summed E-state index contributed by atoms with van der Waals surface area (Å²) in [5.74, 6) is 7.49. The van der Waals surface area contributed by atoms with Crippen molar-refractivity contribution in [3.05, 3.63) is 24.2 Å². The summed E-state index contributed by atoms with van der Waals surface area (Å²) in [6.45, 7) is 2.02. The van der Waals surface area contributed by atoms with Gasteiger partial charge in [-0.25, -0.2) is 15.8 Å². The van der Waals surface area contributed by atoms with Crippen LogP contribution in [0.5, 0.6) is 0 Å². The van der Waals surface area contributed by atoms with Crippen molar-refractivity contribution < 1.29 is 0 Å². The molecule has 0 saturated heterocycles. The van der Waals surface area contributed by atoms with Crippen LogP contribution in [0.25, 0.3) is 0 Å². The van der Waals surface area contributed by atoms with E-state index in [2.05, 4.69) is 25.8 Å². The van der Waals surface area contributed by atoms with Gasteiger partial charge >= 0.3 is 0 Å². The van der Waals surface area contributed by atoms with Crippen molar-refractivity contribution in [3.8, 4) is 0 Å². The third kappa shape index (κ3) is 2.34. The van der Waals surface area contributed by atoms with Crippen LogP contribution < -0.4 is 16.6 Å². The second-order valence-corrected chi connectivity index (χ2v) is 3.55. The molecular weight excluding hydrogens is 218 g/mol. The number of anilines is 3. The molecule has 0 fully saturated rings. The molecule has 7 nitrogen and oxygen atoms in total. The first-order chi connectivity index (χ1) is 8.24. The number of hydrogen-bond donors (Lipinski definition) is 3. The number of nitrogens with one attached hydrogen (secondary N) is 2. The van der Waals surface area contributed by atoms with E-state index in [4.69, 9.17) is 5.84 Å². The molecule has 2 aromatic heterocycles. The maximum atomic E-state index is 5.40. The van der Waals surface area contributed by atoms with Gasteiger partial charge in [0.1, 0.15) is 18.0 Å². The monoisotopic (exact) mass is 233 g/mol. The van der Waals surface area contributed by atoms with Gasteiger partial charge in [0.25, 0.3) is 0 Å². The first-order valence-electron chi connectivity index (χ1n) is 5.31. The maximum absolute atomic E-state index is 5.40. The van der Waals surface area contributed by atoms with E-state index < -0.39 is 0 Å². The molecule has 0 aliphatic rings. The minimum absolute atomic E-state index is 0.626. The largest absolute Gasteiger partial charge is 0.323 e. The summed E-state index contributed by atoms with van der Waals surface area (Å²) >= 11 is 0. The molecule has 0 aliphatic heterocycles. The van der Waals surface area contributed by atoms with E-state index >= 15 is 0 Å². The fraction of sp³-hybridized carbons (Fsp3) is 0.300. The third-order valence-electron chi connectivity index (χ3n) is 2.40. The summed E-state index contributed by atoms with van der Waals surface area (Å²) in [5.41, 5.74) is 3.49. The number of hydrazine groups is 1. The summed E-state index contributed by atoms with van der Waals surface area (Å²) in [6.07, 6.45) is 4.09. The van der Waals surface area contributed by atoms with E-state index in [9.17, 15) is 0 Å². The molecule has 0 unspecified atom stereocenters. The van der Waals surface area contributed by atoms with Gasteiger partial charge in [-0.2, -0.15) is 5.10 Å². The normalized spacial score (nSPS) is 10.3. The summed E-state index contributed by atoms with van der Waals surface area (Å²) in [7, 11) is 1.86. The highest BCUT2D eigenvalue weighted by atomic mass is 15.3. The number of aromatic nitrogens is 4. The van der Waals surface area contributed by atoms with Gasteiger partial charge < -0.3 is 10.7 Å². The quantitative estimate of drug-likeness (QED) is 0.534. The van der Waals surface area contributed by atoms with Crippen LogP contribution in [0.15, 0.2) is 18.6 Å². The Morgan fingerprint density at radius 1 is 1.35 bits per heavy atom. The smallest absolute Gasteiger partial charge is 0.153 e. The van der Waals surface area contributed by atoms with Gasteiger partial charge in [-0.1, -0.05) is 6.92 Å². The predicted octanol–water partition coefficient (Wildman–Crippen LogP) is 0.802. The molecule has 0 saturated carbocycles. The first-order valence-corrected chi connectivity index (χ1v) is 5.31. The van der Waals surface area contributed by atoms with Gasteiger partial charge in [-0.15, -0.1) is 0 Å². The lowest BCUT2D eigenvalue weighted by atomic mass is 10.2. The van der Waals surface area contributed by atoms with Gasteiger partial charge in [0.2, 0.25) is 0 Å². The van der Waals surface area contributed by atoms with Crippen molar-refractivity contribution in [2.45, 2.75) is 13.3 Å². The molecular formula is C10H15N7. The molecule has 4 N–H and O–H groups in total. The molecule has 90 valence electrons. The molecule has 2 rings (SSSR count). The van der Waals surface area contributed by atoms with Crippen molar-refractivity contribution in [2.75, 3.05) is 10.7 Å². The topological polar surface area (TPSA) is 93.7 Å². The van der Waals surface area contributed by atoms with Gasteiger partial charge in [-0.05, 0) is 6.42 Å². The van der Waals surface area contributed by atoms with E-state index in [1.54, 1.807) is 4.68 Å². The summed E-state index contributed by atoms with van der Waals surface area (Å²) in [5, 5.41) is 7.37. The first kappa shape index (κ1) is 11.3. The van der Waals surface area contributed by atoms with Crippen molar-refractivity contribution in [2.24, 2.45) is 12.9 Å². The fourth-order valence-electron chi connectivity index (χ4n) is 1.58. The number of nitrogen functional groups attached to an aromatic ring is 1. The highest BCUT2D eigenvalue weighted by molar-refractivity contribution is 5.62. The van der Waals surface area contributed by atoms with Crippen LogP contribution in [0.4, 0.5) is 17.5 Å². The Hall–Kier alpha value is -2.15. The number of rotatable bonds is 4. The van der Waals surface area contributed by atoms with Crippen molar-refractivity contribution >= 4 is 17.5 Å². The van der Waals surface area contributed by atoms with Crippen molar-refractivity contribution in [3.63, 3.8) is 0 Å². The van der Waals surface area contributed by atoms with Gasteiger partial charge in [0.15, 0.2) is 5.82 Å². The van der Waals surface area contributed by atoms with Crippen LogP contribution in [-0.2, 0) is 13.5 Å². The van der Waals surface area contributed by atoms with E-state index in [0.29, 0.717) is 11.6 Å². The standard InChI is InChI=1S/C10H15N7/c1-3-7-9(12-6-13-10(7)15-11)14-8-4-5-17(2)16-8/h4-6H,3,11H2,1-2H3,(H2,12,13,14,15,16). The molecule has 0 radical (unpaired) electrons. The average Bonchev–Trinajstić information content (AvgIpc) is 2.74. The lowest BCUT2D eigenvalue weighted by molar-refractivity contribution is 0.771. The Balaban J connectivity index is 2.32. The Labute approximate surface area is 99.0 Å². The summed E-state index contributed by atoms with van der Waals surface area (Å²) in [4.78, 5) is 8.26. The molecule has 17 heavy (non-hydrogen) atoms. The Kier molecular flexibility index (Phi) is 3.20. The number of nitrogens with two attached hydrogens (primary N) is 1. The molecule has 2 aromatic rings. The second-order valence-electron chi connectivity index (χ2n) is 3.55. The molecule has 0 amide bonds. The highest BCUT2D eigenvalue weighted by Crippen LogP contribution is 2.22. The van der Waals surface area contributed by atoms with Crippen molar-refractivity contribution in [1.29, 1.82) is 0 Å². The van der Waals surface area contributed by atoms with E-state index in [-0.39, 0.29) is 0 Å². The zero-order chi connectivity index (χ0) is 12.3. The zero-order valence-corrected chi connectivity index (χ0v) is 9.81. The lowest BCUT2D eigenvalue weighted by Gasteiger charge is -2.10. The summed E-state index contributed by atoms with van der Waals surface area (Å²) < 4.78 is 1.72.